The molecule has 2 N–H and O–H groups in total. The second kappa shape index (κ2) is 12.1. The fourth-order valence-corrected chi connectivity index (χ4v) is 6.31. The van der Waals surface area contributed by atoms with Gasteiger partial charge in [-0.1, -0.05) is 24.3 Å². The van der Waals surface area contributed by atoms with Gasteiger partial charge in [0.05, 0.1) is 6.61 Å². The standard InChI is InChI=1S/C31H39N5O4/c37-29-8-7-28(30(38)33-29)36-19-25-17-26(5-6-27(25)31(36)39)35-15-13-34(14-16-35)18-22-1-3-23(4-2-22)20-40-21-24-9-11-32-12-10-24/h1-6,17,24,28,32H,7-16,18-21H2,(H,33,37,38). The van der Waals surface area contributed by atoms with Crippen molar-refractivity contribution in [1.29, 1.82) is 0 Å². The number of hydrogen-bond donors (Lipinski definition) is 2. The van der Waals surface area contributed by atoms with Crippen molar-refractivity contribution in [1.82, 2.24) is 20.4 Å². The van der Waals surface area contributed by atoms with Crippen LogP contribution in [0.15, 0.2) is 42.5 Å². The third kappa shape index (κ3) is 6.06. The third-order valence-electron chi connectivity index (χ3n) is 8.75. The summed E-state index contributed by atoms with van der Waals surface area (Å²) in [7, 11) is 0. The van der Waals surface area contributed by atoms with Gasteiger partial charge in [-0.3, -0.25) is 24.6 Å². The van der Waals surface area contributed by atoms with Crippen LogP contribution in [0.1, 0.15) is 52.7 Å². The van der Waals surface area contributed by atoms with E-state index in [0.717, 1.165) is 63.7 Å². The first-order chi connectivity index (χ1) is 19.5. The Labute approximate surface area is 235 Å². The number of rotatable bonds is 8. The summed E-state index contributed by atoms with van der Waals surface area (Å²) < 4.78 is 5.99. The lowest BCUT2D eigenvalue weighted by molar-refractivity contribution is -0.136. The van der Waals surface area contributed by atoms with Crippen LogP contribution in [0.3, 0.4) is 0 Å². The number of piperazine rings is 1. The van der Waals surface area contributed by atoms with E-state index in [2.05, 4.69) is 50.8 Å². The molecule has 1 atom stereocenters. The highest BCUT2D eigenvalue weighted by molar-refractivity contribution is 6.05. The predicted octanol–water partition coefficient (Wildman–Crippen LogP) is 2.29. The van der Waals surface area contributed by atoms with E-state index in [1.54, 1.807) is 4.90 Å². The van der Waals surface area contributed by atoms with Crippen molar-refractivity contribution in [2.75, 3.05) is 50.8 Å². The van der Waals surface area contributed by atoms with E-state index >= 15 is 0 Å². The highest BCUT2D eigenvalue weighted by Crippen LogP contribution is 2.31. The molecule has 2 aromatic rings. The Morgan fingerprint density at radius 2 is 1.62 bits per heavy atom. The van der Waals surface area contributed by atoms with Gasteiger partial charge < -0.3 is 19.9 Å². The van der Waals surface area contributed by atoms with Crippen LogP contribution in [0.2, 0.25) is 0 Å². The molecule has 0 aromatic heterocycles. The molecule has 0 saturated carbocycles. The van der Waals surface area contributed by atoms with Gasteiger partial charge in [-0.25, -0.2) is 0 Å². The molecule has 212 valence electrons. The van der Waals surface area contributed by atoms with Crippen LogP contribution in [0.25, 0.3) is 0 Å². The normalized spacial score (nSPS) is 22.5. The predicted molar refractivity (Wildman–Crippen MR) is 152 cm³/mol. The Balaban J connectivity index is 0.975. The van der Waals surface area contributed by atoms with Crippen LogP contribution in [-0.4, -0.2) is 79.4 Å². The lowest BCUT2D eigenvalue weighted by atomic mass is 9.99. The number of carbonyl (C=O) groups excluding carboxylic acids is 3. The summed E-state index contributed by atoms with van der Waals surface area (Å²) >= 11 is 0. The molecule has 4 heterocycles. The first-order valence-electron chi connectivity index (χ1n) is 14.6. The Morgan fingerprint density at radius 1 is 0.875 bits per heavy atom. The van der Waals surface area contributed by atoms with Crippen LogP contribution in [0.4, 0.5) is 5.69 Å². The molecule has 1 unspecified atom stereocenters. The summed E-state index contributed by atoms with van der Waals surface area (Å²) in [4.78, 5) is 43.3. The SMILES string of the molecule is O=C1CCC(N2Cc3cc(N4CCN(Cc5ccc(COCC6CCNCC6)cc5)CC4)ccc3C2=O)C(=O)N1. The summed E-state index contributed by atoms with van der Waals surface area (Å²) in [5, 5.41) is 5.77. The van der Waals surface area contributed by atoms with Crippen molar-refractivity contribution in [3.8, 4) is 0 Å². The molecule has 0 aliphatic carbocycles. The quantitative estimate of drug-likeness (QED) is 0.492. The van der Waals surface area contributed by atoms with Gasteiger partial charge >= 0.3 is 0 Å². The largest absolute Gasteiger partial charge is 0.376 e. The van der Waals surface area contributed by atoms with Crippen LogP contribution >= 0.6 is 0 Å². The number of imide groups is 1. The molecule has 3 amide bonds. The minimum atomic E-state index is -0.578. The number of nitrogens with zero attached hydrogens (tertiary/aromatic N) is 3. The number of hydrogen-bond acceptors (Lipinski definition) is 7. The van der Waals surface area contributed by atoms with Crippen molar-refractivity contribution in [3.05, 3.63) is 64.7 Å². The first-order valence-corrected chi connectivity index (χ1v) is 14.6. The lowest BCUT2D eigenvalue weighted by Crippen LogP contribution is -2.52. The second-order valence-electron chi connectivity index (χ2n) is 11.5. The molecule has 3 saturated heterocycles. The minimum Gasteiger partial charge on any atom is -0.376 e. The highest BCUT2D eigenvalue weighted by atomic mass is 16.5. The summed E-state index contributed by atoms with van der Waals surface area (Å²) in [5.41, 5.74) is 5.28. The molecule has 0 radical (unpaired) electrons. The maximum Gasteiger partial charge on any atom is 0.255 e. The van der Waals surface area contributed by atoms with Crippen molar-refractivity contribution in [2.45, 2.75) is 51.4 Å². The number of benzene rings is 2. The van der Waals surface area contributed by atoms with Crippen LogP contribution in [0.5, 0.6) is 0 Å². The number of anilines is 1. The number of amides is 3. The summed E-state index contributed by atoms with van der Waals surface area (Å²) in [6.45, 7) is 8.88. The van der Waals surface area contributed by atoms with Gasteiger partial charge in [-0.05, 0) is 73.2 Å². The number of ether oxygens (including phenoxy) is 1. The Kier molecular flexibility index (Phi) is 8.13. The van der Waals surface area contributed by atoms with E-state index in [1.807, 2.05) is 12.1 Å². The minimum absolute atomic E-state index is 0.125. The smallest absolute Gasteiger partial charge is 0.255 e. The lowest BCUT2D eigenvalue weighted by Gasteiger charge is -2.36. The molecule has 2 aromatic carbocycles. The van der Waals surface area contributed by atoms with E-state index in [4.69, 9.17) is 4.74 Å². The van der Waals surface area contributed by atoms with Gasteiger partial charge in [-0.15, -0.1) is 0 Å². The van der Waals surface area contributed by atoms with Crippen LogP contribution < -0.4 is 15.5 Å². The second-order valence-corrected chi connectivity index (χ2v) is 11.5. The van der Waals surface area contributed by atoms with Gasteiger partial charge in [-0.2, -0.15) is 0 Å². The summed E-state index contributed by atoms with van der Waals surface area (Å²) in [6, 6.07) is 14.3. The number of piperidine rings is 2. The highest BCUT2D eigenvalue weighted by Gasteiger charge is 2.39. The van der Waals surface area contributed by atoms with Crippen LogP contribution in [-0.2, 0) is 34.0 Å². The summed E-state index contributed by atoms with van der Waals surface area (Å²) in [5.74, 6) is -0.0765. The molecule has 40 heavy (non-hydrogen) atoms. The zero-order valence-electron chi connectivity index (χ0n) is 23.1. The molecule has 3 fully saturated rings. The van der Waals surface area contributed by atoms with Gasteiger partial charge in [0, 0.05) is 63.5 Å². The maximum absolute atomic E-state index is 13.0. The topological polar surface area (TPSA) is 94.2 Å². The van der Waals surface area contributed by atoms with Gasteiger partial charge in [0.25, 0.3) is 5.91 Å². The molecule has 6 rings (SSSR count). The Hall–Kier alpha value is -3.27. The summed E-state index contributed by atoms with van der Waals surface area (Å²) in [6.07, 6.45) is 3.07. The third-order valence-corrected chi connectivity index (χ3v) is 8.75. The fourth-order valence-electron chi connectivity index (χ4n) is 6.31. The maximum atomic E-state index is 13.0. The molecule has 9 heteroatoms. The fraction of sp³-hybridized carbons (Fsp3) is 0.516. The Morgan fingerprint density at radius 3 is 2.38 bits per heavy atom. The van der Waals surface area contributed by atoms with Gasteiger partial charge in [0.1, 0.15) is 6.04 Å². The zero-order valence-corrected chi connectivity index (χ0v) is 23.1. The molecule has 0 bridgehead atoms. The average molecular weight is 546 g/mol. The number of fused-ring (bicyclic) bond motifs is 1. The molecule has 4 aliphatic heterocycles. The van der Waals surface area contributed by atoms with E-state index < -0.39 is 6.04 Å². The van der Waals surface area contributed by atoms with Crippen molar-refractivity contribution in [2.24, 2.45) is 5.92 Å². The average Bonchev–Trinajstić information content (AvgIpc) is 3.30. The number of nitrogens with one attached hydrogen (secondary N) is 2. The van der Waals surface area contributed by atoms with E-state index in [1.165, 1.54) is 24.0 Å². The van der Waals surface area contributed by atoms with Crippen molar-refractivity contribution in [3.63, 3.8) is 0 Å². The van der Waals surface area contributed by atoms with Crippen molar-refractivity contribution >= 4 is 23.4 Å². The molecular formula is C31H39N5O4. The van der Waals surface area contributed by atoms with E-state index in [9.17, 15) is 14.4 Å². The van der Waals surface area contributed by atoms with E-state index in [-0.39, 0.29) is 24.1 Å². The Bertz CT molecular complexity index is 1230. The van der Waals surface area contributed by atoms with Gasteiger partial charge in [0.15, 0.2) is 0 Å². The monoisotopic (exact) mass is 545 g/mol. The van der Waals surface area contributed by atoms with Gasteiger partial charge in [0.2, 0.25) is 11.8 Å². The molecule has 0 spiro atoms. The molecule has 9 nitrogen and oxygen atoms in total. The van der Waals surface area contributed by atoms with E-state index in [0.29, 0.717) is 31.1 Å². The first kappa shape index (κ1) is 26.9. The molecular weight excluding hydrogens is 506 g/mol. The number of carbonyl (C=O) groups is 3. The van der Waals surface area contributed by atoms with Crippen molar-refractivity contribution < 1.29 is 19.1 Å². The zero-order chi connectivity index (χ0) is 27.5. The molecule has 4 aliphatic rings. The van der Waals surface area contributed by atoms with Crippen LogP contribution in [0, 0.1) is 5.92 Å².